The molecule has 1 aliphatic carbocycles. The summed E-state index contributed by atoms with van der Waals surface area (Å²) in [7, 11) is 0. The highest BCUT2D eigenvalue weighted by Crippen LogP contribution is 2.39. The van der Waals surface area contributed by atoms with Gasteiger partial charge in [-0.25, -0.2) is 0 Å². The van der Waals surface area contributed by atoms with E-state index >= 15 is 0 Å². The van der Waals surface area contributed by atoms with Crippen LogP contribution < -0.4 is 0 Å². The Morgan fingerprint density at radius 3 is 2.42 bits per heavy atom. The van der Waals surface area contributed by atoms with Gasteiger partial charge in [0.1, 0.15) is 0 Å². The van der Waals surface area contributed by atoms with Crippen molar-refractivity contribution in [1.29, 1.82) is 0 Å². The van der Waals surface area contributed by atoms with Gasteiger partial charge in [0.25, 0.3) is 0 Å². The second-order valence-electron chi connectivity index (χ2n) is 6.79. The van der Waals surface area contributed by atoms with Crippen molar-refractivity contribution in [2.45, 2.75) is 58.3 Å². The second kappa shape index (κ2) is 9.98. The number of benzene rings is 1. The van der Waals surface area contributed by atoms with E-state index in [2.05, 4.69) is 65.3 Å². The molecule has 0 heterocycles. The number of ketones is 1. The molecule has 1 nitrogen and oxygen atoms in total. The highest BCUT2D eigenvalue weighted by molar-refractivity contribution is 9.09. The lowest BCUT2D eigenvalue weighted by Gasteiger charge is -2.30. The largest absolute Gasteiger partial charge is 0.298 e. The quantitative estimate of drug-likeness (QED) is 0.320. The van der Waals surface area contributed by atoms with Gasteiger partial charge in [-0.05, 0) is 24.0 Å². The summed E-state index contributed by atoms with van der Waals surface area (Å²) in [4.78, 5) is 12.6. The maximum atomic E-state index is 12.6. The fourth-order valence-electron chi connectivity index (χ4n) is 3.41. The van der Waals surface area contributed by atoms with Gasteiger partial charge >= 0.3 is 0 Å². The van der Waals surface area contributed by atoms with Crippen LogP contribution in [0.4, 0.5) is 0 Å². The first-order valence-corrected chi connectivity index (χ1v) is 10.4. The fourth-order valence-corrected chi connectivity index (χ4v) is 3.97. The molecule has 1 unspecified atom stereocenters. The molecule has 0 bridgehead atoms. The SMILES string of the molecule is CCCCCCCCC1(C(=O)CBr)C=CC(c2ccccc2)=CC1. The molecule has 0 saturated carbocycles. The lowest BCUT2D eigenvalue weighted by Crippen LogP contribution is -2.31. The van der Waals surface area contributed by atoms with E-state index in [-0.39, 0.29) is 5.41 Å². The Hall–Kier alpha value is -1.15. The molecule has 1 aliphatic rings. The number of halogens is 1. The summed E-state index contributed by atoms with van der Waals surface area (Å²) in [5.74, 6) is 0.315. The summed E-state index contributed by atoms with van der Waals surface area (Å²) < 4.78 is 0. The third-order valence-corrected chi connectivity index (χ3v) is 5.54. The van der Waals surface area contributed by atoms with Gasteiger partial charge in [-0.1, -0.05) is 110 Å². The van der Waals surface area contributed by atoms with Crippen LogP contribution in [-0.4, -0.2) is 11.1 Å². The number of Topliss-reactive ketones (excluding diaryl/α,β-unsaturated/α-hetero) is 1. The molecule has 1 aromatic carbocycles. The fraction of sp³-hybridized carbons (Fsp3) is 0.500. The van der Waals surface area contributed by atoms with Crippen LogP contribution in [0.2, 0.25) is 0 Å². The molecule has 0 saturated heterocycles. The van der Waals surface area contributed by atoms with E-state index in [0.29, 0.717) is 11.1 Å². The zero-order chi connectivity index (χ0) is 17.3. The molecule has 1 aromatic rings. The minimum Gasteiger partial charge on any atom is -0.298 e. The Labute approximate surface area is 155 Å². The summed E-state index contributed by atoms with van der Waals surface area (Å²) in [6.07, 6.45) is 16.0. The molecular weight excluding hydrogens is 360 g/mol. The van der Waals surface area contributed by atoms with Crippen LogP contribution in [0.3, 0.4) is 0 Å². The van der Waals surface area contributed by atoms with Crippen molar-refractivity contribution in [2.24, 2.45) is 5.41 Å². The van der Waals surface area contributed by atoms with Gasteiger partial charge in [-0.3, -0.25) is 4.79 Å². The minimum absolute atomic E-state index is 0.299. The lowest BCUT2D eigenvalue weighted by atomic mass is 9.72. The Morgan fingerprint density at radius 1 is 1.08 bits per heavy atom. The van der Waals surface area contributed by atoms with Gasteiger partial charge in [0.15, 0.2) is 5.78 Å². The van der Waals surface area contributed by atoms with E-state index in [1.54, 1.807) is 0 Å². The smallest absolute Gasteiger partial charge is 0.153 e. The van der Waals surface area contributed by atoms with Crippen LogP contribution in [0.5, 0.6) is 0 Å². The van der Waals surface area contributed by atoms with E-state index in [1.165, 1.54) is 43.2 Å². The molecule has 0 spiro atoms. The molecule has 0 fully saturated rings. The maximum absolute atomic E-state index is 12.6. The van der Waals surface area contributed by atoms with Crippen molar-refractivity contribution < 1.29 is 4.79 Å². The summed E-state index contributed by atoms with van der Waals surface area (Å²) in [6, 6.07) is 10.4. The minimum atomic E-state index is -0.299. The van der Waals surface area contributed by atoms with Crippen molar-refractivity contribution >= 4 is 27.3 Å². The lowest BCUT2D eigenvalue weighted by molar-refractivity contribution is -0.123. The topological polar surface area (TPSA) is 17.1 Å². The van der Waals surface area contributed by atoms with Crippen molar-refractivity contribution in [3.63, 3.8) is 0 Å². The van der Waals surface area contributed by atoms with Crippen molar-refractivity contribution in [3.8, 4) is 0 Å². The van der Waals surface area contributed by atoms with E-state index in [1.807, 2.05) is 6.07 Å². The van der Waals surface area contributed by atoms with Gasteiger partial charge < -0.3 is 0 Å². The molecule has 130 valence electrons. The first-order chi connectivity index (χ1) is 11.7. The molecule has 1 atom stereocenters. The summed E-state index contributed by atoms with van der Waals surface area (Å²) in [5.41, 5.74) is 2.16. The number of carbonyl (C=O) groups is 1. The Kier molecular flexibility index (Phi) is 7.98. The van der Waals surface area contributed by atoms with Crippen molar-refractivity contribution in [1.82, 2.24) is 0 Å². The number of hydrogen-bond acceptors (Lipinski definition) is 1. The summed E-state index contributed by atoms with van der Waals surface area (Å²) >= 11 is 3.38. The molecule has 0 aliphatic heterocycles. The number of allylic oxidation sites excluding steroid dienone is 4. The molecular formula is C22H29BrO. The molecule has 0 amide bonds. The average molecular weight is 389 g/mol. The van der Waals surface area contributed by atoms with Crippen LogP contribution in [0.15, 0.2) is 48.6 Å². The Bertz CT molecular complexity index is 573. The first-order valence-electron chi connectivity index (χ1n) is 9.26. The van der Waals surface area contributed by atoms with Crippen molar-refractivity contribution in [2.75, 3.05) is 5.33 Å². The van der Waals surface area contributed by atoms with Crippen LogP contribution in [0.1, 0.15) is 63.9 Å². The second-order valence-corrected chi connectivity index (χ2v) is 7.35. The average Bonchev–Trinajstić information content (AvgIpc) is 2.65. The van der Waals surface area contributed by atoms with Crippen LogP contribution in [0.25, 0.3) is 5.57 Å². The molecule has 2 heteroatoms. The monoisotopic (exact) mass is 388 g/mol. The van der Waals surface area contributed by atoms with Gasteiger partial charge in [-0.15, -0.1) is 0 Å². The molecule has 0 N–H and O–H groups in total. The predicted octanol–water partition coefficient (Wildman–Crippen LogP) is 6.73. The van der Waals surface area contributed by atoms with Gasteiger partial charge in [-0.2, -0.15) is 0 Å². The normalized spacial score (nSPS) is 20.0. The maximum Gasteiger partial charge on any atom is 0.153 e. The third-order valence-electron chi connectivity index (χ3n) is 5.03. The standard InChI is InChI=1S/C22H29BrO/c1-2-3-4-5-6-10-15-22(21(24)18-23)16-13-20(14-17-22)19-11-8-7-9-12-19/h7-9,11-14,16H,2-6,10,15,17-18H2,1H3. The highest BCUT2D eigenvalue weighted by Gasteiger charge is 2.34. The van der Waals surface area contributed by atoms with Crippen LogP contribution in [-0.2, 0) is 4.79 Å². The number of hydrogen-bond donors (Lipinski definition) is 0. The van der Waals surface area contributed by atoms with Gasteiger partial charge in [0.05, 0.1) is 10.7 Å². The zero-order valence-corrected chi connectivity index (χ0v) is 16.4. The predicted molar refractivity (Wildman–Crippen MR) is 107 cm³/mol. The Morgan fingerprint density at radius 2 is 1.79 bits per heavy atom. The summed E-state index contributed by atoms with van der Waals surface area (Å²) in [5, 5.41) is 0.446. The molecule has 2 rings (SSSR count). The van der Waals surface area contributed by atoms with Crippen LogP contribution >= 0.6 is 15.9 Å². The number of unbranched alkanes of at least 4 members (excludes halogenated alkanes) is 5. The Balaban J connectivity index is 1.97. The summed E-state index contributed by atoms with van der Waals surface area (Å²) in [6.45, 7) is 2.24. The number of alkyl halides is 1. The molecule has 0 aromatic heterocycles. The van der Waals surface area contributed by atoms with E-state index in [4.69, 9.17) is 0 Å². The van der Waals surface area contributed by atoms with E-state index in [0.717, 1.165) is 19.3 Å². The third kappa shape index (κ3) is 5.17. The number of rotatable bonds is 10. The number of carbonyl (C=O) groups excluding carboxylic acids is 1. The highest BCUT2D eigenvalue weighted by atomic mass is 79.9. The van der Waals surface area contributed by atoms with Crippen molar-refractivity contribution in [3.05, 3.63) is 54.1 Å². The molecule has 24 heavy (non-hydrogen) atoms. The van der Waals surface area contributed by atoms with Gasteiger partial charge in [0, 0.05) is 0 Å². The molecule has 0 radical (unpaired) electrons. The van der Waals surface area contributed by atoms with E-state index in [9.17, 15) is 4.79 Å². The zero-order valence-electron chi connectivity index (χ0n) is 14.8. The van der Waals surface area contributed by atoms with Crippen LogP contribution in [0, 0.1) is 5.41 Å². The first kappa shape index (κ1) is 19.2. The van der Waals surface area contributed by atoms with E-state index < -0.39 is 0 Å². The van der Waals surface area contributed by atoms with Gasteiger partial charge in [0.2, 0.25) is 0 Å².